The third kappa shape index (κ3) is 4.21. The maximum Gasteiger partial charge on any atom is 0.0894 e. The Balaban J connectivity index is 0.000000706. The SMILES string of the molecule is C.CC.c1ccc(-c2cccc(-c3ccccn3)n2)nc1. The van der Waals surface area contributed by atoms with E-state index in [0.29, 0.717) is 0 Å². The molecule has 3 rings (SSSR count). The summed E-state index contributed by atoms with van der Waals surface area (Å²) < 4.78 is 0. The number of hydrogen-bond acceptors (Lipinski definition) is 3. The van der Waals surface area contributed by atoms with Gasteiger partial charge in [0.2, 0.25) is 0 Å². The molecule has 0 saturated heterocycles. The molecule has 3 nitrogen and oxygen atoms in total. The van der Waals surface area contributed by atoms with E-state index >= 15 is 0 Å². The minimum atomic E-state index is 0. The Bertz CT molecular complexity index is 582. The van der Waals surface area contributed by atoms with E-state index in [4.69, 9.17) is 0 Å². The molecule has 0 atom stereocenters. The van der Waals surface area contributed by atoms with E-state index in [1.807, 2.05) is 68.4 Å². The molecule has 0 saturated carbocycles. The summed E-state index contributed by atoms with van der Waals surface area (Å²) in [7, 11) is 0. The van der Waals surface area contributed by atoms with Crippen molar-refractivity contribution in [3.63, 3.8) is 0 Å². The Morgan fingerprint density at radius 3 is 1.38 bits per heavy atom. The fraction of sp³-hybridized carbons (Fsp3) is 0.167. The molecule has 3 aromatic rings. The highest BCUT2D eigenvalue weighted by atomic mass is 14.8. The van der Waals surface area contributed by atoms with Crippen LogP contribution >= 0.6 is 0 Å². The number of rotatable bonds is 2. The molecule has 0 amide bonds. The zero-order valence-electron chi connectivity index (χ0n) is 11.7. The smallest absolute Gasteiger partial charge is 0.0894 e. The van der Waals surface area contributed by atoms with Gasteiger partial charge in [0, 0.05) is 12.4 Å². The van der Waals surface area contributed by atoms with Gasteiger partial charge in [0.05, 0.1) is 22.8 Å². The molecule has 3 heteroatoms. The van der Waals surface area contributed by atoms with E-state index in [-0.39, 0.29) is 7.43 Å². The number of aromatic nitrogens is 3. The third-order valence-electron chi connectivity index (χ3n) is 2.60. The maximum absolute atomic E-state index is 4.59. The highest BCUT2D eigenvalue weighted by Gasteiger charge is 2.03. The lowest BCUT2D eigenvalue weighted by Gasteiger charge is -2.03. The Kier molecular flexibility index (Phi) is 6.75. The molecule has 0 aliphatic carbocycles. The summed E-state index contributed by atoms with van der Waals surface area (Å²) in [4.78, 5) is 13.2. The molecule has 0 radical (unpaired) electrons. The topological polar surface area (TPSA) is 38.7 Å². The van der Waals surface area contributed by atoms with Crippen LogP contribution in [0.4, 0.5) is 0 Å². The lowest BCUT2D eigenvalue weighted by atomic mass is 10.2. The van der Waals surface area contributed by atoms with E-state index in [2.05, 4.69) is 15.0 Å². The summed E-state index contributed by atoms with van der Waals surface area (Å²) in [6.07, 6.45) is 3.54. The van der Waals surface area contributed by atoms with Crippen molar-refractivity contribution < 1.29 is 0 Å². The van der Waals surface area contributed by atoms with Gasteiger partial charge in [-0.05, 0) is 36.4 Å². The monoisotopic (exact) mass is 279 g/mol. The predicted molar refractivity (Wildman–Crippen MR) is 88.8 cm³/mol. The van der Waals surface area contributed by atoms with E-state index < -0.39 is 0 Å². The first-order valence-corrected chi connectivity index (χ1v) is 6.73. The molecule has 108 valence electrons. The van der Waals surface area contributed by atoms with Crippen molar-refractivity contribution in [3.8, 4) is 22.8 Å². The summed E-state index contributed by atoms with van der Waals surface area (Å²) >= 11 is 0. The second-order valence-electron chi connectivity index (χ2n) is 3.84. The quantitative estimate of drug-likeness (QED) is 0.672. The van der Waals surface area contributed by atoms with Crippen LogP contribution in [0.2, 0.25) is 0 Å². The van der Waals surface area contributed by atoms with Gasteiger partial charge in [0.15, 0.2) is 0 Å². The standard InChI is InChI=1S/C15H11N3.C2H6.CH4/c1-3-10-16-12(6-1)14-8-5-9-15(18-14)13-7-2-4-11-17-13;1-2;/h1-11H;1-2H3;1H4. The van der Waals surface area contributed by atoms with Crippen molar-refractivity contribution >= 4 is 0 Å². The van der Waals surface area contributed by atoms with Gasteiger partial charge in [-0.2, -0.15) is 0 Å². The van der Waals surface area contributed by atoms with Crippen molar-refractivity contribution in [2.75, 3.05) is 0 Å². The minimum absolute atomic E-state index is 0. The van der Waals surface area contributed by atoms with Gasteiger partial charge in [0.25, 0.3) is 0 Å². The first-order chi connectivity index (χ1) is 9.93. The van der Waals surface area contributed by atoms with Crippen LogP contribution in [0.3, 0.4) is 0 Å². The average Bonchev–Trinajstić information content (AvgIpc) is 2.58. The molecule has 0 aliphatic rings. The Morgan fingerprint density at radius 2 is 1.00 bits per heavy atom. The highest BCUT2D eigenvalue weighted by molar-refractivity contribution is 5.61. The van der Waals surface area contributed by atoms with Crippen LogP contribution in [0.5, 0.6) is 0 Å². The molecular weight excluding hydrogens is 258 g/mol. The van der Waals surface area contributed by atoms with Crippen molar-refractivity contribution in [3.05, 3.63) is 67.0 Å². The Hall–Kier alpha value is -2.55. The maximum atomic E-state index is 4.59. The van der Waals surface area contributed by atoms with Crippen LogP contribution in [0.25, 0.3) is 22.8 Å². The molecule has 0 N–H and O–H groups in total. The molecule has 0 spiro atoms. The molecule has 0 bridgehead atoms. The Morgan fingerprint density at radius 1 is 0.571 bits per heavy atom. The van der Waals surface area contributed by atoms with Gasteiger partial charge < -0.3 is 0 Å². The van der Waals surface area contributed by atoms with E-state index in [9.17, 15) is 0 Å². The van der Waals surface area contributed by atoms with Gasteiger partial charge in [-0.1, -0.05) is 39.5 Å². The van der Waals surface area contributed by atoms with Crippen LogP contribution < -0.4 is 0 Å². The number of hydrogen-bond donors (Lipinski definition) is 0. The van der Waals surface area contributed by atoms with E-state index in [1.165, 1.54) is 0 Å². The first kappa shape index (κ1) is 16.5. The van der Waals surface area contributed by atoms with E-state index in [1.54, 1.807) is 12.4 Å². The van der Waals surface area contributed by atoms with Crippen LogP contribution in [0.15, 0.2) is 67.0 Å². The van der Waals surface area contributed by atoms with Gasteiger partial charge >= 0.3 is 0 Å². The van der Waals surface area contributed by atoms with Crippen molar-refractivity contribution in [2.45, 2.75) is 21.3 Å². The van der Waals surface area contributed by atoms with Crippen LogP contribution in [-0.2, 0) is 0 Å². The zero-order chi connectivity index (χ0) is 14.2. The average molecular weight is 279 g/mol. The fourth-order valence-electron chi connectivity index (χ4n) is 1.75. The summed E-state index contributed by atoms with van der Waals surface area (Å²) in [5, 5.41) is 0. The molecule has 0 aliphatic heterocycles. The normalized spacial score (nSPS) is 9.05. The first-order valence-electron chi connectivity index (χ1n) is 6.73. The van der Waals surface area contributed by atoms with Gasteiger partial charge in [-0.3, -0.25) is 9.97 Å². The van der Waals surface area contributed by atoms with Crippen LogP contribution in [0, 0.1) is 0 Å². The highest BCUT2D eigenvalue weighted by Crippen LogP contribution is 2.19. The second kappa shape index (κ2) is 8.59. The lowest BCUT2D eigenvalue weighted by molar-refractivity contribution is 1.22. The number of pyridine rings is 3. The summed E-state index contributed by atoms with van der Waals surface area (Å²) in [5.74, 6) is 0. The predicted octanol–water partition coefficient (Wildman–Crippen LogP) is 4.87. The summed E-state index contributed by atoms with van der Waals surface area (Å²) in [6.45, 7) is 4.00. The van der Waals surface area contributed by atoms with Crippen molar-refractivity contribution in [1.82, 2.24) is 15.0 Å². The Labute approximate surface area is 126 Å². The van der Waals surface area contributed by atoms with Crippen molar-refractivity contribution in [1.29, 1.82) is 0 Å². The van der Waals surface area contributed by atoms with Crippen LogP contribution in [-0.4, -0.2) is 15.0 Å². The summed E-state index contributed by atoms with van der Waals surface area (Å²) in [6, 6.07) is 17.5. The van der Waals surface area contributed by atoms with Crippen molar-refractivity contribution in [2.24, 2.45) is 0 Å². The van der Waals surface area contributed by atoms with Crippen LogP contribution in [0.1, 0.15) is 21.3 Å². The van der Waals surface area contributed by atoms with Gasteiger partial charge in [-0.25, -0.2) is 4.98 Å². The van der Waals surface area contributed by atoms with E-state index in [0.717, 1.165) is 22.8 Å². The lowest BCUT2D eigenvalue weighted by Crippen LogP contribution is -1.90. The molecule has 0 fully saturated rings. The largest absolute Gasteiger partial charge is 0.255 e. The molecule has 21 heavy (non-hydrogen) atoms. The number of nitrogens with zero attached hydrogens (tertiary/aromatic N) is 3. The molecule has 0 aromatic carbocycles. The molecule has 3 heterocycles. The molecule has 0 unspecified atom stereocenters. The minimum Gasteiger partial charge on any atom is -0.255 e. The third-order valence-corrected chi connectivity index (χ3v) is 2.60. The summed E-state index contributed by atoms with van der Waals surface area (Å²) in [5.41, 5.74) is 3.46. The molecular formula is C18H21N3. The molecule has 3 aromatic heterocycles. The van der Waals surface area contributed by atoms with Gasteiger partial charge in [-0.15, -0.1) is 0 Å². The second-order valence-corrected chi connectivity index (χ2v) is 3.84. The fourth-order valence-corrected chi connectivity index (χ4v) is 1.75. The zero-order valence-corrected chi connectivity index (χ0v) is 11.7. The van der Waals surface area contributed by atoms with Gasteiger partial charge in [0.1, 0.15) is 0 Å².